The second kappa shape index (κ2) is 9.01. The summed E-state index contributed by atoms with van der Waals surface area (Å²) < 4.78 is 29.7. The number of amides is 2. The normalized spacial score (nSPS) is 11.2. The lowest BCUT2D eigenvalue weighted by Gasteiger charge is -2.16. The fraction of sp³-hybridized carbons (Fsp3) is 0.200. The number of benzene rings is 2. The van der Waals surface area contributed by atoms with Gasteiger partial charge in [0.05, 0.1) is 17.8 Å². The van der Waals surface area contributed by atoms with Gasteiger partial charge in [-0.25, -0.2) is 13.8 Å². The maximum absolute atomic E-state index is 14.6. The maximum atomic E-state index is 14.6. The van der Waals surface area contributed by atoms with Crippen LogP contribution < -0.4 is 11.5 Å². The van der Waals surface area contributed by atoms with Gasteiger partial charge in [-0.1, -0.05) is 38.1 Å². The molecule has 34 heavy (non-hydrogen) atoms. The minimum Gasteiger partial charge on any atom is -0.366 e. The highest BCUT2D eigenvalue weighted by atomic mass is 19.1. The van der Waals surface area contributed by atoms with E-state index >= 15 is 0 Å². The average Bonchev–Trinajstić information content (AvgIpc) is 3.16. The van der Waals surface area contributed by atoms with E-state index in [1.165, 1.54) is 30.3 Å². The molecule has 0 atom stereocenters. The van der Waals surface area contributed by atoms with Crippen LogP contribution in [-0.2, 0) is 19.4 Å². The Morgan fingerprint density at radius 1 is 0.941 bits per heavy atom. The van der Waals surface area contributed by atoms with Gasteiger partial charge in [-0.05, 0) is 36.6 Å². The molecule has 0 saturated carbocycles. The predicted molar refractivity (Wildman–Crippen MR) is 124 cm³/mol. The molecule has 0 aliphatic carbocycles. The van der Waals surface area contributed by atoms with Gasteiger partial charge in [0.2, 0.25) is 5.91 Å². The van der Waals surface area contributed by atoms with Gasteiger partial charge >= 0.3 is 0 Å². The van der Waals surface area contributed by atoms with Gasteiger partial charge in [0.15, 0.2) is 0 Å². The molecule has 2 amide bonds. The van der Waals surface area contributed by atoms with Gasteiger partial charge in [-0.15, -0.1) is 0 Å². The highest BCUT2D eigenvalue weighted by Gasteiger charge is 2.29. The molecular weight excluding hydrogens is 440 g/mol. The molecule has 0 aliphatic rings. The zero-order valence-electron chi connectivity index (χ0n) is 18.7. The number of pyridine rings is 1. The molecule has 0 aliphatic heterocycles. The van der Waals surface area contributed by atoms with Crippen LogP contribution in [0.25, 0.3) is 22.0 Å². The second-order valence-corrected chi connectivity index (χ2v) is 7.83. The van der Waals surface area contributed by atoms with Crippen molar-refractivity contribution in [1.82, 2.24) is 14.8 Å². The monoisotopic (exact) mass is 463 g/mol. The summed E-state index contributed by atoms with van der Waals surface area (Å²) in [6.45, 7) is 4.13. The fourth-order valence-corrected chi connectivity index (χ4v) is 4.27. The second-order valence-electron chi connectivity index (χ2n) is 7.83. The first-order valence-electron chi connectivity index (χ1n) is 10.8. The first kappa shape index (κ1) is 23.0. The van der Waals surface area contributed by atoms with Gasteiger partial charge in [0, 0.05) is 22.2 Å². The number of rotatable bonds is 7. The number of primary amides is 2. The topological polar surface area (TPSA) is 117 Å². The standard InChI is InChI=1S/C25H23F2N5O2/c1-3-17-20(18(4-2)32(31-17)12-13-8-10-14(26)11-9-13)21-19(24(28)33)15-6-5-7-16(27)22(15)30-23(21)25(29)34/h5-11H,3-4,12H2,1-2H3,(H2,28,33)(H2,29,34). The quantitative estimate of drug-likeness (QED) is 0.434. The average molecular weight is 463 g/mol. The number of halogens is 2. The molecule has 2 heterocycles. The zero-order valence-corrected chi connectivity index (χ0v) is 18.7. The van der Waals surface area contributed by atoms with Crippen LogP contribution in [0.1, 0.15) is 51.6 Å². The molecule has 9 heteroatoms. The lowest BCUT2D eigenvalue weighted by atomic mass is 9.91. The Kier molecular flexibility index (Phi) is 6.10. The molecular formula is C25H23F2N5O2. The third kappa shape index (κ3) is 3.89. The van der Waals surface area contributed by atoms with Gasteiger partial charge in [-0.3, -0.25) is 14.3 Å². The number of hydrogen-bond acceptors (Lipinski definition) is 4. The lowest BCUT2D eigenvalue weighted by molar-refractivity contribution is 0.0996. The molecule has 2 aromatic carbocycles. The summed E-state index contributed by atoms with van der Waals surface area (Å²) in [5, 5.41) is 4.89. The van der Waals surface area contributed by atoms with Crippen LogP contribution in [0.2, 0.25) is 0 Å². The van der Waals surface area contributed by atoms with E-state index in [0.717, 1.165) is 5.56 Å². The van der Waals surface area contributed by atoms with Gasteiger partial charge in [0.25, 0.3) is 5.91 Å². The summed E-state index contributed by atoms with van der Waals surface area (Å²) in [4.78, 5) is 29.4. The van der Waals surface area contributed by atoms with Crippen LogP contribution in [0.15, 0.2) is 42.5 Å². The van der Waals surface area contributed by atoms with Crippen molar-refractivity contribution >= 4 is 22.7 Å². The van der Waals surface area contributed by atoms with E-state index in [9.17, 15) is 18.4 Å². The molecule has 4 N–H and O–H groups in total. The highest BCUT2D eigenvalue weighted by molar-refractivity contribution is 6.15. The van der Waals surface area contributed by atoms with Crippen molar-refractivity contribution in [3.8, 4) is 11.1 Å². The number of aryl methyl sites for hydroxylation is 1. The Morgan fingerprint density at radius 3 is 2.24 bits per heavy atom. The summed E-state index contributed by atoms with van der Waals surface area (Å²) in [6.07, 6.45) is 0.956. The number of nitrogens with zero attached hydrogens (tertiary/aromatic N) is 3. The SMILES string of the molecule is CCc1nn(Cc2ccc(F)cc2)c(CC)c1-c1c(C(N)=O)nc2c(F)cccc2c1C(N)=O. The Hall–Kier alpha value is -4.14. The van der Waals surface area contributed by atoms with E-state index in [0.29, 0.717) is 36.3 Å². The van der Waals surface area contributed by atoms with E-state index in [2.05, 4.69) is 4.98 Å². The van der Waals surface area contributed by atoms with Crippen LogP contribution in [-0.4, -0.2) is 26.6 Å². The zero-order chi connectivity index (χ0) is 24.6. The van der Waals surface area contributed by atoms with Crippen LogP contribution in [0.3, 0.4) is 0 Å². The Bertz CT molecular complexity index is 1430. The van der Waals surface area contributed by atoms with E-state index < -0.39 is 17.6 Å². The first-order chi connectivity index (χ1) is 16.3. The molecule has 0 radical (unpaired) electrons. The molecule has 4 aromatic rings. The van der Waals surface area contributed by atoms with Crippen molar-refractivity contribution < 1.29 is 18.4 Å². The van der Waals surface area contributed by atoms with Crippen molar-refractivity contribution in [3.63, 3.8) is 0 Å². The molecule has 2 aromatic heterocycles. The number of hydrogen-bond donors (Lipinski definition) is 2. The third-order valence-electron chi connectivity index (χ3n) is 5.74. The number of carbonyl (C=O) groups is 2. The number of fused-ring (bicyclic) bond motifs is 1. The van der Waals surface area contributed by atoms with Gasteiger partial charge in [-0.2, -0.15) is 5.10 Å². The van der Waals surface area contributed by atoms with Crippen LogP contribution in [0.4, 0.5) is 8.78 Å². The van der Waals surface area contributed by atoms with E-state index in [-0.39, 0.29) is 33.5 Å². The van der Waals surface area contributed by atoms with Gasteiger partial charge in [0.1, 0.15) is 22.8 Å². The van der Waals surface area contributed by atoms with Crippen molar-refractivity contribution in [1.29, 1.82) is 0 Å². The number of carbonyl (C=O) groups excluding carboxylic acids is 2. The third-order valence-corrected chi connectivity index (χ3v) is 5.74. The van der Waals surface area contributed by atoms with Crippen LogP contribution in [0, 0.1) is 11.6 Å². The predicted octanol–water partition coefficient (Wildman–Crippen LogP) is 3.75. The number of para-hydroxylation sites is 1. The Labute approximate surface area is 194 Å². The van der Waals surface area contributed by atoms with Crippen LogP contribution >= 0.6 is 0 Å². The summed E-state index contributed by atoms with van der Waals surface area (Å²) in [5.74, 6) is -2.81. The molecule has 0 saturated heterocycles. The van der Waals surface area contributed by atoms with E-state index in [1.54, 1.807) is 16.8 Å². The van der Waals surface area contributed by atoms with Crippen molar-refractivity contribution in [3.05, 3.63) is 82.3 Å². The first-order valence-corrected chi connectivity index (χ1v) is 10.8. The fourth-order valence-electron chi connectivity index (χ4n) is 4.27. The summed E-state index contributed by atoms with van der Waals surface area (Å²) in [7, 11) is 0. The maximum Gasteiger partial charge on any atom is 0.268 e. The molecule has 4 rings (SSSR count). The van der Waals surface area contributed by atoms with Crippen LogP contribution in [0.5, 0.6) is 0 Å². The molecule has 7 nitrogen and oxygen atoms in total. The largest absolute Gasteiger partial charge is 0.366 e. The molecule has 0 unspecified atom stereocenters. The van der Waals surface area contributed by atoms with Crippen molar-refractivity contribution in [2.24, 2.45) is 11.5 Å². The minimum atomic E-state index is -0.918. The number of aromatic nitrogens is 3. The van der Waals surface area contributed by atoms with E-state index in [1.807, 2.05) is 13.8 Å². The molecule has 174 valence electrons. The van der Waals surface area contributed by atoms with Crippen molar-refractivity contribution in [2.45, 2.75) is 33.2 Å². The van der Waals surface area contributed by atoms with E-state index in [4.69, 9.17) is 16.6 Å². The smallest absolute Gasteiger partial charge is 0.268 e. The molecule has 0 spiro atoms. The highest BCUT2D eigenvalue weighted by Crippen LogP contribution is 2.37. The summed E-state index contributed by atoms with van der Waals surface area (Å²) >= 11 is 0. The van der Waals surface area contributed by atoms with Crippen molar-refractivity contribution in [2.75, 3.05) is 0 Å². The lowest BCUT2D eigenvalue weighted by Crippen LogP contribution is -2.21. The number of nitrogens with two attached hydrogens (primary N) is 2. The Morgan fingerprint density at radius 2 is 1.65 bits per heavy atom. The molecule has 0 bridgehead atoms. The van der Waals surface area contributed by atoms with Gasteiger partial charge < -0.3 is 11.5 Å². The summed E-state index contributed by atoms with van der Waals surface area (Å²) in [6, 6.07) is 10.2. The Balaban J connectivity index is 2.07. The molecule has 0 fully saturated rings. The minimum absolute atomic E-state index is 0.0379. The summed E-state index contributed by atoms with van der Waals surface area (Å²) in [5.41, 5.74) is 13.8.